The molecule has 0 amide bonds. The van der Waals surface area contributed by atoms with Crippen LogP contribution in [0.2, 0.25) is 0 Å². The molecule has 0 aromatic heterocycles. The molecule has 2 heteroatoms. The number of nitrogens with zero attached hydrogens (tertiary/aromatic N) is 1. The van der Waals surface area contributed by atoms with Gasteiger partial charge in [0.25, 0.3) is 0 Å². The molecule has 1 aliphatic heterocycles. The molecule has 3 atom stereocenters. The Hall–Kier alpha value is -0.0800. The van der Waals surface area contributed by atoms with E-state index in [2.05, 4.69) is 24.1 Å². The van der Waals surface area contributed by atoms with E-state index >= 15 is 0 Å². The average Bonchev–Trinajstić information content (AvgIpc) is 3.39. The molecule has 0 bridgehead atoms. The average molecular weight is 307 g/mol. The fourth-order valence-electron chi connectivity index (χ4n) is 5.05. The lowest BCUT2D eigenvalue weighted by Crippen LogP contribution is -2.53. The van der Waals surface area contributed by atoms with Crippen molar-refractivity contribution in [3.63, 3.8) is 0 Å². The zero-order valence-corrected chi connectivity index (χ0v) is 15.0. The van der Waals surface area contributed by atoms with Gasteiger partial charge in [-0.05, 0) is 62.8 Å². The number of hydrogen-bond donors (Lipinski definition) is 1. The molecule has 0 radical (unpaired) electrons. The van der Waals surface area contributed by atoms with Gasteiger partial charge in [-0.25, -0.2) is 0 Å². The summed E-state index contributed by atoms with van der Waals surface area (Å²) in [7, 11) is 0. The Morgan fingerprint density at radius 2 is 1.73 bits per heavy atom. The zero-order chi connectivity index (χ0) is 15.4. The van der Waals surface area contributed by atoms with E-state index in [-0.39, 0.29) is 0 Å². The molecule has 3 fully saturated rings. The van der Waals surface area contributed by atoms with Gasteiger partial charge in [-0.2, -0.15) is 0 Å². The van der Waals surface area contributed by atoms with Crippen LogP contribution in [0, 0.1) is 17.8 Å². The summed E-state index contributed by atoms with van der Waals surface area (Å²) >= 11 is 0. The van der Waals surface area contributed by atoms with E-state index in [0.29, 0.717) is 0 Å². The summed E-state index contributed by atoms with van der Waals surface area (Å²) in [6.45, 7) is 8.77. The Labute approximate surface area is 138 Å². The maximum atomic E-state index is 3.98. The van der Waals surface area contributed by atoms with Gasteiger partial charge in [-0.1, -0.05) is 39.5 Å². The normalized spacial score (nSPS) is 33.0. The van der Waals surface area contributed by atoms with Gasteiger partial charge >= 0.3 is 0 Å². The highest BCUT2D eigenvalue weighted by molar-refractivity contribution is 4.93. The topological polar surface area (TPSA) is 15.3 Å². The van der Waals surface area contributed by atoms with Crippen molar-refractivity contribution in [3.05, 3.63) is 0 Å². The SMILES string of the molecule is CCC1CC(NCC2CCCCC2)CN(C(CC)C2CC2)C1. The van der Waals surface area contributed by atoms with E-state index in [1.807, 2.05) is 0 Å². The van der Waals surface area contributed by atoms with Crippen molar-refractivity contribution < 1.29 is 0 Å². The Morgan fingerprint density at radius 1 is 0.955 bits per heavy atom. The molecule has 1 N–H and O–H groups in total. The number of hydrogen-bond acceptors (Lipinski definition) is 2. The van der Waals surface area contributed by atoms with Crippen molar-refractivity contribution in [3.8, 4) is 0 Å². The van der Waals surface area contributed by atoms with Crippen molar-refractivity contribution in [1.82, 2.24) is 10.2 Å². The van der Waals surface area contributed by atoms with E-state index in [4.69, 9.17) is 0 Å². The first-order valence-corrected chi connectivity index (χ1v) is 10.3. The predicted octanol–water partition coefficient (Wildman–Crippen LogP) is 4.45. The largest absolute Gasteiger partial charge is 0.312 e. The Bertz CT molecular complexity index is 320. The molecule has 128 valence electrons. The molecule has 2 aliphatic carbocycles. The predicted molar refractivity (Wildman–Crippen MR) is 95.1 cm³/mol. The van der Waals surface area contributed by atoms with Crippen LogP contribution in [0.15, 0.2) is 0 Å². The van der Waals surface area contributed by atoms with Gasteiger partial charge in [0.05, 0.1) is 0 Å². The van der Waals surface area contributed by atoms with Crippen molar-refractivity contribution >= 4 is 0 Å². The summed E-state index contributed by atoms with van der Waals surface area (Å²) < 4.78 is 0. The molecule has 3 aliphatic rings. The highest BCUT2D eigenvalue weighted by Crippen LogP contribution is 2.38. The van der Waals surface area contributed by atoms with Crippen molar-refractivity contribution in [2.45, 2.75) is 90.1 Å². The summed E-state index contributed by atoms with van der Waals surface area (Å²) in [5.41, 5.74) is 0. The highest BCUT2D eigenvalue weighted by atomic mass is 15.2. The van der Waals surface area contributed by atoms with Gasteiger partial charge < -0.3 is 5.32 Å². The van der Waals surface area contributed by atoms with Crippen LogP contribution in [0.5, 0.6) is 0 Å². The van der Waals surface area contributed by atoms with Crippen LogP contribution < -0.4 is 5.32 Å². The van der Waals surface area contributed by atoms with Gasteiger partial charge in [0.1, 0.15) is 0 Å². The summed E-state index contributed by atoms with van der Waals surface area (Å²) in [4.78, 5) is 2.87. The molecule has 2 nitrogen and oxygen atoms in total. The third-order valence-electron chi connectivity index (χ3n) is 6.62. The Morgan fingerprint density at radius 3 is 2.36 bits per heavy atom. The van der Waals surface area contributed by atoms with E-state index < -0.39 is 0 Å². The standard InChI is InChI=1S/C20H38N2/c1-3-16-12-19(21-13-17-8-6-5-7-9-17)15-22(14-16)20(4-2)18-10-11-18/h16-21H,3-15H2,1-2H3. The molecular formula is C20H38N2. The molecule has 2 saturated carbocycles. The smallest absolute Gasteiger partial charge is 0.0198 e. The van der Waals surface area contributed by atoms with E-state index in [9.17, 15) is 0 Å². The van der Waals surface area contributed by atoms with Crippen LogP contribution >= 0.6 is 0 Å². The third kappa shape index (κ3) is 4.47. The lowest BCUT2D eigenvalue weighted by Gasteiger charge is -2.42. The monoisotopic (exact) mass is 306 g/mol. The minimum atomic E-state index is 0.758. The molecule has 3 rings (SSSR count). The third-order valence-corrected chi connectivity index (χ3v) is 6.62. The fraction of sp³-hybridized carbons (Fsp3) is 1.00. The van der Waals surface area contributed by atoms with Gasteiger partial charge in [0.15, 0.2) is 0 Å². The highest BCUT2D eigenvalue weighted by Gasteiger charge is 2.37. The summed E-state index contributed by atoms with van der Waals surface area (Å²) in [6.07, 6.45) is 14.5. The molecule has 0 aromatic carbocycles. The second-order valence-electron chi connectivity index (χ2n) is 8.39. The van der Waals surface area contributed by atoms with Crippen LogP contribution in [0.3, 0.4) is 0 Å². The first kappa shape index (κ1) is 16.8. The zero-order valence-electron chi connectivity index (χ0n) is 15.0. The van der Waals surface area contributed by atoms with Gasteiger partial charge in [0, 0.05) is 25.2 Å². The minimum absolute atomic E-state index is 0.758. The van der Waals surface area contributed by atoms with Crippen LogP contribution in [0.25, 0.3) is 0 Å². The minimum Gasteiger partial charge on any atom is -0.312 e. The maximum absolute atomic E-state index is 3.98. The quantitative estimate of drug-likeness (QED) is 0.748. The first-order valence-electron chi connectivity index (χ1n) is 10.3. The van der Waals surface area contributed by atoms with E-state index in [1.54, 1.807) is 0 Å². The maximum Gasteiger partial charge on any atom is 0.0198 e. The molecular weight excluding hydrogens is 268 g/mol. The van der Waals surface area contributed by atoms with Crippen LogP contribution in [0.4, 0.5) is 0 Å². The second kappa shape index (κ2) is 8.15. The van der Waals surface area contributed by atoms with Gasteiger partial charge in [-0.15, -0.1) is 0 Å². The summed E-state index contributed by atoms with van der Waals surface area (Å²) in [5, 5.41) is 3.98. The van der Waals surface area contributed by atoms with Crippen molar-refractivity contribution in [2.24, 2.45) is 17.8 Å². The lowest BCUT2D eigenvalue weighted by molar-refractivity contribution is 0.0804. The number of piperidine rings is 1. The van der Waals surface area contributed by atoms with E-state index in [0.717, 1.165) is 29.8 Å². The van der Waals surface area contributed by atoms with Gasteiger partial charge in [0.2, 0.25) is 0 Å². The van der Waals surface area contributed by atoms with E-state index in [1.165, 1.54) is 83.8 Å². The van der Waals surface area contributed by atoms with Crippen LogP contribution in [-0.4, -0.2) is 36.6 Å². The molecule has 0 spiro atoms. The first-order chi connectivity index (χ1) is 10.8. The van der Waals surface area contributed by atoms with Gasteiger partial charge in [-0.3, -0.25) is 4.90 Å². The molecule has 1 saturated heterocycles. The van der Waals surface area contributed by atoms with Crippen molar-refractivity contribution in [2.75, 3.05) is 19.6 Å². The molecule has 0 aromatic rings. The lowest BCUT2D eigenvalue weighted by atomic mass is 9.87. The number of likely N-dealkylation sites (tertiary alicyclic amines) is 1. The second-order valence-corrected chi connectivity index (χ2v) is 8.39. The van der Waals surface area contributed by atoms with Crippen LogP contribution in [-0.2, 0) is 0 Å². The summed E-state index contributed by atoms with van der Waals surface area (Å²) in [5.74, 6) is 2.92. The number of rotatable bonds is 7. The van der Waals surface area contributed by atoms with Crippen molar-refractivity contribution in [1.29, 1.82) is 0 Å². The fourth-order valence-corrected chi connectivity index (χ4v) is 5.05. The Balaban J connectivity index is 1.51. The molecule has 22 heavy (non-hydrogen) atoms. The number of nitrogens with one attached hydrogen (secondary N) is 1. The molecule has 3 unspecified atom stereocenters. The molecule has 1 heterocycles. The Kier molecular flexibility index (Phi) is 6.21. The summed E-state index contributed by atoms with van der Waals surface area (Å²) in [6, 6.07) is 1.64. The van der Waals surface area contributed by atoms with Crippen LogP contribution in [0.1, 0.15) is 78.1 Å².